The number of fused-ring (bicyclic) bond motifs is 3. The minimum absolute atomic E-state index is 0.0229. The van der Waals surface area contributed by atoms with Crippen LogP contribution in [0.4, 0.5) is 10.5 Å². The molecule has 2 aliphatic rings. The topological polar surface area (TPSA) is 97.1 Å². The lowest BCUT2D eigenvalue weighted by Gasteiger charge is -2.34. The minimum atomic E-state index is -0.870. The number of aromatic nitrogens is 2. The molecule has 1 amide bonds. The number of carboxylic acid groups (broad SMARTS) is 1. The monoisotopic (exact) mass is 506 g/mol. The summed E-state index contributed by atoms with van der Waals surface area (Å²) in [4.78, 5) is 34.1. The molecule has 3 aromatic rings. The van der Waals surface area contributed by atoms with Crippen molar-refractivity contribution in [1.29, 1.82) is 0 Å². The predicted molar refractivity (Wildman–Crippen MR) is 140 cm³/mol. The second kappa shape index (κ2) is 10.9. The van der Waals surface area contributed by atoms with Gasteiger partial charge in [0.1, 0.15) is 5.82 Å². The largest absolute Gasteiger partial charge is 0.481 e. The summed E-state index contributed by atoms with van der Waals surface area (Å²) in [6.07, 6.45) is 1.50. The molecule has 0 bridgehead atoms. The highest BCUT2D eigenvalue weighted by Crippen LogP contribution is 2.37. The first kappa shape index (κ1) is 25.2. The van der Waals surface area contributed by atoms with Gasteiger partial charge in [-0.25, -0.2) is 9.78 Å². The average molecular weight is 507 g/mol. The normalized spacial score (nSPS) is 19.0. The number of aryl methyl sites for hydroxylation is 1. The van der Waals surface area contributed by atoms with Gasteiger partial charge in [0.15, 0.2) is 0 Å². The quantitative estimate of drug-likeness (QED) is 0.522. The highest BCUT2D eigenvalue weighted by atomic mass is 16.5. The molecule has 9 heteroatoms. The SMILES string of the molecule is COC(=O)N1c2ccc3c(nc(CC(C(=O)O)c4ccccc4)n3CCN3CCOCC3)c2CC[C@@H]1C. The van der Waals surface area contributed by atoms with Gasteiger partial charge in [-0.05, 0) is 37.5 Å². The Hall–Kier alpha value is -3.43. The molecule has 0 spiro atoms. The van der Waals surface area contributed by atoms with E-state index in [2.05, 4.69) is 9.47 Å². The number of imidazole rings is 1. The van der Waals surface area contributed by atoms with Gasteiger partial charge >= 0.3 is 12.1 Å². The zero-order valence-electron chi connectivity index (χ0n) is 21.4. The number of carbonyl (C=O) groups excluding carboxylic acids is 1. The third-order valence-electron chi connectivity index (χ3n) is 7.59. The first-order valence-corrected chi connectivity index (χ1v) is 12.9. The first-order valence-electron chi connectivity index (χ1n) is 12.9. The maximum atomic E-state index is 12.6. The highest BCUT2D eigenvalue weighted by molar-refractivity contribution is 5.95. The standard InChI is InChI=1S/C28H34N4O5/c1-19-8-9-21-23(32(19)28(35)36-2)10-11-24-26(21)29-25(31(24)13-12-30-14-16-37-17-15-30)18-22(27(33)34)20-6-4-3-5-7-20/h3-7,10-11,19,22H,8-9,12-18H2,1-2H3,(H,33,34)/t19-,22?/m0/s1. The number of methoxy groups -OCH3 is 1. The van der Waals surface area contributed by atoms with Gasteiger partial charge < -0.3 is 19.1 Å². The van der Waals surface area contributed by atoms with Crippen LogP contribution < -0.4 is 4.90 Å². The summed E-state index contributed by atoms with van der Waals surface area (Å²) in [7, 11) is 1.40. The maximum absolute atomic E-state index is 12.6. The van der Waals surface area contributed by atoms with Crippen molar-refractivity contribution in [3.8, 4) is 0 Å². The highest BCUT2D eigenvalue weighted by Gasteiger charge is 2.32. The van der Waals surface area contributed by atoms with Crippen LogP contribution in [0.3, 0.4) is 0 Å². The van der Waals surface area contributed by atoms with Crippen molar-refractivity contribution in [2.24, 2.45) is 0 Å². The smallest absolute Gasteiger partial charge is 0.414 e. The molecule has 9 nitrogen and oxygen atoms in total. The van der Waals surface area contributed by atoms with E-state index < -0.39 is 11.9 Å². The first-order chi connectivity index (χ1) is 18.0. The Morgan fingerprint density at radius 3 is 2.59 bits per heavy atom. The number of ether oxygens (including phenoxy) is 2. The summed E-state index contributed by atoms with van der Waals surface area (Å²) in [5.74, 6) is -0.829. The van der Waals surface area contributed by atoms with Crippen molar-refractivity contribution in [2.45, 2.75) is 44.7 Å². The molecule has 1 N–H and O–H groups in total. The Labute approximate surface area is 216 Å². The van der Waals surface area contributed by atoms with E-state index in [9.17, 15) is 14.7 Å². The zero-order valence-corrected chi connectivity index (χ0v) is 21.4. The third-order valence-corrected chi connectivity index (χ3v) is 7.59. The van der Waals surface area contributed by atoms with Crippen LogP contribution in [0.25, 0.3) is 11.0 Å². The molecule has 2 atom stereocenters. The lowest BCUT2D eigenvalue weighted by Crippen LogP contribution is -2.42. The molecule has 1 fully saturated rings. The summed E-state index contributed by atoms with van der Waals surface area (Å²) in [5, 5.41) is 10.1. The molecule has 1 saturated heterocycles. The van der Waals surface area contributed by atoms with Crippen LogP contribution in [0.5, 0.6) is 0 Å². The van der Waals surface area contributed by atoms with Gasteiger partial charge in [-0.3, -0.25) is 14.6 Å². The number of benzene rings is 2. The lowest BCUT2D eigenvalue weighted by atomic mass is 9.95. The van der Waals surface area contributed by atoms with Crippen LogP contribution in [-0.2, 0) is 33.7 Å². The van der Waals surface area contributed by atoms with E-state index in [4.69, 9.17) is 14.5 Å². The molecule has 5 rings (SSSR count). The van der Waals surface area contributed by atoms with Gasteiger partial charge in [0.2, 0.25) is 0 Å². The predicted octanol–water partition coefficient (Wildman–Crippen LogP) is 3.69. The molecule has 0 radical (unpaired) electrons. The fourth-order valence-electron chi connectivity index (χ4n) is 5.54. The third kappa shape index (κ3) is 5.06. The van der Waals surface area contributed by atoms with Gasteiger partial charge in [-0.15, -0.1) is 0 Å². The Bertz CT molecular complexity index is 1270. The molecule has 0 aliphatic carbocycles. The number of rotatable bonds is 7. The fourth-order valence-corrected chi connectivity index (χ4v) is 5.54. The Morgan fingerprint density at radius 1 is 1.14 bits per heavy atom. The number of hydrogen-bond acceptors (Lipinski definition) is 6. The number of nitrogens with zero attached hydrogens (tertiary/aromatic N) is 4. The van der Waals surface area contributed by atoms with Crippen LogP contribution in [0.2, 0.25) is 0 Å². The number of amides is 1. The van der Waals surface area contributed by atoms with Crippen LogP contribution in [0.1, 0.15) is 36.2 Å². The van der Waals surface area contributed by atoms with E-state index in [1.165, 1.54) is 7.11 Å². The van der Waals surface area contributed by atoms with Gasteiger partial charge in [-0.2, -0.15) is 0 Å². The van der Waals surface area contributed by atoms with Crippen molar-refractivity contribution in [2.75, 3.05) is 44.9 Å². The molecule has 2 aliphatic heterocycles. The van der Waals surface area contributed by atoms with Crippen molar-refractivity contribution >= 4 is 28.8 Å². The Balaban J connectivity index is 1.57. The number of aliphatic carboxylic acids is 1. The Morgan fingerprint density at radius 2 is 1.89 bits per heavy atom. The molecular formula is C28H34N4O5. The van der Waals surface area contributed by atoms with Crippen molar-refractivity contribution < 1.29 is 24.2 Å². The molecule has 2 aromatic carbocycles. The second-order valence-corrected chi connectivity index (χ2v) is 9.80. The van der Waals surface area contributed by atoms with E-state index in [1.807, 2.05) is 49.4 Å². The second-order valence-electron chi connectivity index (χ2n) is 9.80. The lowest BCUT2D eigenvalue weighted by molar-refractivity contribution is -0.138. The summed E-state index contributed by atoms with van der Waals surface area (Å²) in [5.41, 5.74) is 4.40. The van der Waals surface area contributed by atoms with E-state index in [0.29, 0.717) is 6.54 Å². The molecule has 3 heterocycles. The van der Waals surface area contributed by atoms with E-state index in [-0.39, 0.29) is 18.6 Å². The van der Waals surface area contributed by atoms with Crippen LogP contribution in [0.15, 0.2) is 42.5 Å². The maximum Gasteiger partial charge on any atom is 0.414 e. The van der Waals surface area contributed by atoms with Crippen LogP contribution in [-0.4, -0.2) is 77.6 Å². The summed E-state index contributed by atoms with van der Waals surface area (Å²) in [6.45, 7) is 6.75. The Kier molecular flexibility index (Phi) is 7.43. The van der Waals surface area contributed by atoms with Crippen LogP contribution in [0, 0.1) is 0 Å². The van der Waals surface area contributed by atoms with Gasteiger partial charge in [-0.1, -0.05) is 30.3 Å². The van der Waals surface area contributed by atoms with Crippen molar-refractivity contribution in [1.82, 2.24) is 14.5 Å². The number of anilines is 1. The van der Waals surface area contributed by atoms with Crippen molar-refractivity contribution in [3.05, 3.63) is 59.4 Å². The molecule has 1 aromatic heterocycles. The number of carbonyl (C=O) groups is 2. The van der Waals surface area contributed by atoms with E-state index in [0.717, 1.165) is 79.4 Å². The van der Waals surface area contributed by atoms with Gasteiger partial charge in [0.05, 0.1) is 43.0 Å². The van der Waals surface area contributed by atoms with Crippen molar-refractivity contribution in [3.63, 3.8) is 0 Å². The minimum Gasteiger partial charge on any atom is -0.481 e. The van der Waals surface area contributed by atoms with Gasteiger partial charge in [0.25, 0.3) is 0 Å². The summed E-state index contributed by atoms with van der Waals surface area (Å²) < 4.78 is 12.7. The summed E-state index contributed by atoms with van der Waals surface area (Å²) >= 11 is 0. The number of morpholine rings is 1. The molecule has 196 valence electrons. The average Bonchev–Trinajstić information content (AvgIpc) is 3.28. The van der Waals surface area contributed by atoms with Crippen LogP contribution >= 0.6 is 0 Å². The molecule has 1 unspecified atom stereocenters. The number of carboxylic acids is 1. The summed E-state index contributed by atoms with van der Waals surface area (Å²) in [6, 6.07) is 13.4. The molecular weight excluding hydrogens is 472 g/mol. The van der Waals surface area contributed by atoms with Gasteiger partial charge in [0, 0.05) is 44.2 Å². The van der Waals surface area contributed by atoms with E-state index in [1.54, 1.807) is 4.90 Å². The fraction of sp³-hybridized carbons (Fsp3) is 0.464. The van der Waals surface area contributed by atoms with E-state index >= 15 is 0 Å². The number of hydrogen-bond donors (Lipinski definition) is 1. The zero-order chi connectivity index (χ0) is 25.9. The molecule has 0 saturated carbocycles. The molecule has 37 heavy (non-hydrogen) atoms.